The quantitative estimate of drug-likeness (QED) is 0.528. The molecule has 2 aromatic carbocycles. The zero-order valence-electron chi connectivity index (χ0n) is 17.5. The maximum Gasteiger partial charge on any atom is 0.321 e. The van der Waals surface area contributed by atoms with Crippen LogP contribution in [-0.4, -0.2) is 38.5 Å². The van der Waals surface area contributed by atoms with Crippen molar-refractivity contribution >= 4 is 23.7 Å². The number of rotatable bonds is 7. The minimum absolute atomic E-state index is 0.0222. The summed E-state index contributed by atoms with van der Waals surface area (Å²) in [5, 5.41) is 14.3. The third-order valence-corrected chi connectivity index (χ3v) is 6.25. The summed E-state index contributed by atoms with van der Waals surface area (Å²) < 4.78 is 15.3. The Morgan fingerprint density at radius 2 is 1.75 bits per heavy atom. The van der Waals surface area contributed by atoms with Crippen LogP contribution in [0, 0.1) is 5.82 Å². The highest BCUT2D eigenvalue weighted by atomic mass is 32.2. The lowest BCUT2D eigenvalue weighted by atomic mass is 10.2. The highest BCUT2D eigenvalue weighted by molar-refractivity contribution is 7.99. The Balaban J connectivity index is 1.45. The normalized spacial score (nSPS) is 13.8. The van der Waals surface area contributed by atoms with E-state index < -0.39 is 11.9 Å². The van der Waals surface area contributed by atoms with Crippen molar-refractivity contribution in [2.24, 2.45) is 0 Å². The lowest BCUT2D eigenvalue weighted by Gasteiger charge is -2.12. The first kappa shape index (κ1) is 22.0. The molecule has 4 rings (SSSR count). The SMILES string of the molecule is O=C(CSc1nnc(-c2ccc(F)cc2)n1Cc1ccccc1)NC(=O)NC1CCCC1. The zero-order chi connectivity index (χ0) is 22.3. The highest BCUT2D eigenvalue weighted by Gasteiger charge is 2.20. The highest BCUT2D eigenvalue weighted by Crippen LogP contribution is 2.25. The molecule has 1 aliphatic rings. The number of carbonyl (C=O) groups excluding carboxylic acids is 2. The van der Waals surface area contributed by atoms with Gasteiger partial charge in [-0.2, -0.15) is 0 Å². The lowest BCUT2D eigenvalue weighted by Crippen LogP contribution is -2.44. The molecule has 3 amide bonds. The molecule has 1 fully saturated rings. The molecule has 1 aromatic heterocycles. The fourth-order valence-electron chi connectivity index (χ4n) is 3.70. The van der Waals surface area contributed by atoms with Crippen LogP contribution >= 0.6 is 11.8 Å². The average molecular weight is 454 g/mol. The van der Waals surface area contributed by atoms with Crippen LogP contribution in [0.5, 0.6) is 0 Å². The molecular weight excluding hydrogens is 429 g/mol. The monoisotopic (exact) mass is 453 g/mol. The first-order valence-corrected chi connectivity index (χ1v) is 11.5. The standard InChI is InChI=1S/C23H24FN5O2S/c24-18-12-10-17(11-13-18)21-27-28-23(29(21)14-16-6-2-1-3-7-16)32-15-20(30)26-22(31)25-19-8-4-5-9-19/h1-3,6-7,10-13,19H,4-5,8-9,14-15H2,(H2,25,26,30,31). The van der Waals surface area contributed by atoms with Gasteiger partial charge in [-0.15, -0.1) is 10.2 Å². The van der Waals surface area contributed by atoms with E-state index in [1.165, 1.54) is 23.9 Å². The molecule has 7 nitrogen and oxygen atoms in total. The van der Waals surface area contributed by atoms with Gasteiger partial charge in [-0.25, -0.2) is 9.18 Å². The van der Waals surface area contributed by atoms with Gasteiger partial charge in [0.2, 0.25) is 5.91 Å². The minimum atomic E-state index is -0.458. The Hall–Kier alpha value is -3.20. The number of nitrogens with one attached hydrogen (secondary N) is 2. The molecule has 32 heavy (non-hydrogen) atoms. The summed E-state index contributed by atoms with van der Waals surface area (Å²) in [6, 6.07) is 15.5. The number of benzene rings is 2. The largest absolute Gasteiger partial charge is 0.335 e. The van der Waals surface area contributed by atoms with Crippen LogP contribution in [0.2, 0.25) is 0 Å². The third kappa shape index (κ3) is 5.73. The van der Waals surface area contributed by atoms with Gasteiger partial charge in [-0.05, 0) is 42.7 Å². The molecule has 0 unspecified atom stereocenters. The van der Waals surface area contributed by atoms with E-state index in [2.05, 4.69) is 20.8 Å². The maximum absolute atomic E-state index is 13.4. The second-order valence-electron chi connectivity index (χ2n) is 7.68. The average Bonchev–Trinajstić information content (AvgIpc) is 3.44. The van der Waals surface area contributed by atoms with Crippen LogP contribution in [0.25, 0.3) is 11.4 Å². The van der Waals surface area contributed by atoms with Gasteiger partial charge in [-0.1, -0.05) is 54.9 Å². The second kappa shape index (κ2) is 10.4. The molecule has 0 radical (unpaired) electrons. The van der Waals surface area contributed by atoms with Crippen LogP contribution in [0.1, 0.15) is 31.2 Å². The number of urea groups is 1. The summed E-state index contributed by atoms with van der Waals surface area (Å²) in [5.74, 6) is -0.127. The number of nitrogens with zero attached hydrogens (tertiary/aromatic N) is 3. The van der Waals surface area contributed by atoms with Gasteiger partial charge in [0, 0.05) is 11.6 Å². The molecule has 1 aliphatic carbocycles. The summed E-state index contributed by atoms with van der Waals surface area (Å²) in [5.41, 5.74) is 1.76. The van der Waals surface area contributed by atoms with E-state index in [1.807, 2.05) is 34.9 Å². The van der Waals surface area contributed by atoms with Crippen LogP contribution in [0.3, 0.4) is 0 Å². The van der Waals surface area contributed by atoms with Gasteiger partial charge in [0.05, 0.1) is 12.3 Å². The first-order valence-electron chi connectivity index (χ1n) is 10.5. The van der Waals surface area contributed by atoms with Crippen molar-refractivity contribution in [2.75, 3.05) is 5.75 Å². The number of halogens is 1. The van der Waals surface area contributed by atoms with E-state index in [0.29, 0.717) is 17.5 Å². The van der Waals surface area contributed by atoms with Gasteiger partial charge in [0.25, 0.3) is 0 Å². The number of imide groups is 1. The van der Waals surface area contributed by atoms with E-state index in [4.69, 9.17) is 0 Å². The van der Waals surface area contributed by atoms with E-state index in [9.17, 15) is 14.0 Å². The topological polar surface area (TPSA) is 88.9 Å². The summed E-state index contributed by atoms with van der Waals surface area (Å²) in [6.45, 7) is 0.493. The Bertz CT molecular complexity index is 1070. The molecule has 3 aromatic rings. The predicted molar refractivity (Wildman–Crippen MR) is 121 cm³/mol. The van der Waals surface area contributed by atoms with Gasteiger partial charge >= 0.3 is 6.03 Å². The number of thioether (sulfide) groups is 1. The number of amides is 3. The summed E-state index contributed by atoms with van der Waals surface area (Å²) in [4.78, 5) is 24.3. The Morgan fingerprint density at radius 1 is 1.03 bits per heavy atom. The van der Waals surface area contributed by atoms with Gasteiger partial charge < -0.3 is 5.32 Å². The lowest BCUT2D eigenvalue weighted by molar-refractivity contribution is -0.117. The molecule has 0 spiro atoms. The summed E-state index contributed by atoms with van der Waals surface area (Å²) in [6.07, 6.45) is 4.10. The fourth-order valence-corrected chi connectivity index (χ4v) is 4.44. The molecule has 166 valence electrons. The molecule has 0 atom stereocenters. The fraction of sp³-hybridized carbons (Fsp3) is 0.304. The van der Waals surface area contributed by atoms with Crippen molar-refractivity contribution < 1.29 is 14.0 Å². The van der Waals surface area contributed by atoms with E-state index in [0.717, 1.165) is 36.8 Å². The van der Waals surface area contributed by atoms with Crippen molar-refractivity contribution in [3.8, 4) is 11.4 Å². The predicted octanol–water partition coefficient (Wildman–Crippen LogP) is 3.99. The van der Waals surface area contributed by atoms with Crippen molar-refractivity contribution in [1.82, 2.24) is 25.4 Å². The van der Waals surface area contributed by atoms with E-state index >= 15 is 0 Å². The van der Waals surface area contributed by atoms with Crippen LogP contribution < -0.4 is 10.6 Å². The van der Waals surface area contributed by atoms with Crippen molar-refractivity contribution in [1.29, 1.82) is 0 Å². The maximum atomic E-state index is 13.4. The van der Waals surface area contributed by atoms with Crippen molar-refractivity contribution in [3.63, 3.8) is 0 Å². The Kier molecular flexibility index (Phi) is 7.16. The van der Waals surface area contributed by atoms with Crippen molar-refractivity contribution in [3.05, 3.63) is 66.0 Å². The minimum Gasteiger partial charge on any atom is -0.335 e. The smallest absolute Gasteiger partial charge is 0.321 e. The Morgan fingerprint density at radius 3 is 2.47 bits per heavy atom. The molecule has 9 heteroatoms. The molecular formula is C23H24FN5O2S. The zero-order valence-corrected chi connectivity index (χ0v) is 18.3. The summed E-state index contributed by atoms with van der Waals surface area (Å²) in [7, 11) is 0. The van der Waals surface area contributed by atoms with Gasteiger partial charge in [0.15, 0.2) is 11.0 Å². The van der Waals surface area contributed by atoms with Crippen LogP contribution in [-0.2, 0) is 11.3 Å². The Labute approximate surface area is 189 Å². The number of carbonyl (C=O) groups is 2. The van der Waals surface area contributed by atoms with E-state index in [-0.39, 0.29) is 17.6 Å². The number of hydrogen-bond acceptors (Lipinski definition) is 5. The van der Waals surface area contributed by atoms with Crippen molar-refractivity contribution in [2.45, 2.75) is 43.4 Å². The summed E-state index contributed by atoms with van der Waals surface area (Å²) >= 11 is 1.20. The molecule has 1 heterocycles. The van der Waals surface area contributed by atoms with Gasteiger partial charge in [-0.3, -0.25) is 14.7 Å². The van der Waals surface area contributed by atoms with Crippen LogP contribution in [0.15, 0.2) is 59.8 Å². The molecule has 0 aliphatic heterocycles. The van der Waals surface area contributed by atoms with E-state index in [1.54, 1.807) is 12.1 Å². The molecule has 1 saturated carbocycles. The third-order valence-electron chi connectivity index (χ3n) is 5.28. The first-order chi connectivity index (χ1) is 15.6. The molecule has 0 bridgehead atoms. The second-order valence-corrected chi connectivity index (χ2v) is 8.62. The number of hydrogen-bond donors (Lipinski definition) is 2. The molecule has 0 saturated heterocycles. The number of aromatic nitrogens is 3. The molecule has 2 N–H and O–H groups in total. The van der Waals surface area contributed by atoms with Gasteiger partial charge in [0.1, 0.15) is 5.82 Å². The van der Waals surface area contributed by atoms with Crippen LogP contribution in [0.4, 0.5) is 9.18 Å².